The van der Waals surface area contributed by atoms with Crippen LogP contribution in [0.15, 0.2) is 52.1 Å². The van der Waals surface area contributed by atoms with Crippen LogP contribution in [-0.2, 0) is 4.79 Å². The number of carbonyl (C=O) groups excluding carboxylic acids is 1. The lowest BCUT2D eigenvalue weighted by molar-refractivity contribution is -0.128. The van der Waals surface area contributed by atoms with E-state index < -0.39 is 0 Å². The van der Waals surface area contributed by atoms with Gasteiger partial charge in [-0.05, 0) is 30.3 Å². The molecular weight excluding hydrogens is 422 g/mol. The van der Waals surface area contributed by atoms with Crippen LogP contribution in [0.5, 0.6) is 23.0 Å². The summed E-state index contributed by atoms with van der Waals surface area (Å²) in [7, 11) is 1.73. The van der Waals surface area contributed by atoms with Gasteiger partial charge >= 0.3 is 0 Å². The minimum absolute atomic E-state index is 0.0738. The van der Waals surface area contributed by atoms with Crippen LogP contribution in [0.25, 0.3) is 11.5 Å². The molecule has 5 rings (SSSR count). The van der Waals surface area contributed by atoms with Gasteiger partial charge in [0.05, 0.1) is 12.3 Å². The molecule has 0 fully saturated rings. The van der Waals surface area contributed by atoms with Crippen LogP contribution in [0.1, 0.15) is 0 Å². The van der Waals surface area contributed by atoms with Crippen LogP contribution in [0.4, 0.5) is 0 Å². The normalized spacial score (nSPS) is 16.2. The van der Waals surface area contributed by atoms with Gasteiger partial charge in [-0.2, -0.15) is 0 Å². The number of ether oxygens (including phenoxy) is 4. The second-order valence-electron chi connectivity index (χ2n) is 7.00. The molecule has 2 aliphatic rings. The molecule has 160 valence electrons. The molecule has 2 aromatic carbocycles. The summed E-state index contributed by atoms with van der Waals surface area (Å²) in [5.41, 5.74) is 0.724. The van der Waals surface area contributed by atoms with Gasteiger partial charge in [0.15, 0.2) is 29.1 Å². The molecule has 2 aliphatic heterocycles. The largest absolute Gasteiger partial charge is 0.486 e. The van der Waals surface area contributed by atoms with Gasteiger partial charge in [0, 0.05) is 12.6 Å². The lowest BCUT2D eigenvalue weighted by atomic mass is 10.2. The first kappa shape index (κ1) is 19.6. The summed E-state index contributed by atoms with van der Waals surface area (Å²) in [5.74, 6) is 3.18. The van der Waals surface area contributed by atoms with E-state index in [1.54, 1.807) is 24.1 Å². The fraction of sp³-hybridized carbons (Fsp3) is 0.286. The fourth-order valence-electron chi connectivity index (χ4n) is 3.21. The van der Waals surface area contributed by atoms with Crippen LogP contribution in [0, 0.1) is 0 Å². The van der Waals surface area contributed by atoms with Crippen molar-refractivity contribution in [1.82, 2.24) is 15.1 Å². The van der Waals surface area contributed by atoms with Crippen molar-refractivity contribution < 1.29 is 28.2 Å². The zero-order valence-corrected chi connectivity index (χ0v) is 17.5. The Morgan fingerprint density at radius 1 is 1.06 bits per heavy atom. The van der Waals surface area contributed by atoms with Gasteiger partial charge in [-0.25, -0.2) is 0 Å². The molecule has 31 heavy (non-hydrogen) atoms. The maximum absolute atomic E-state index is 12.5. The molecule has 3 heterocycles. The Kier molecular flexibility index (Phi) is 5.29. The standard InChI is InChI=1S/C21H19N3O6S/c1-24(9-14-10-26-15-4-2-3-5-17(15)29-14)19(25)11-31-21-23-22-20(30-21)13-6-7-16-18(8-13)28-12-27-16/h2-8,14H,9-12H2,1H3. The Hall–Kier alpha value is -3.40. The minimum atomic E-state index is -0.227. The summed E-state index contributed by atoms with van der Waals surface area (Å²) in [4.78, 5) is 14.1. The molecule has 1 amide bonds. The van der Waals surface area contributed by atoms with E-state index in [0.29, 0.717) is 41.5 Å². The molecule has 0 spiro atoms. The molecule has 0 saturated heterocycles. The van der Waals surface area contributed by atoms with Gasteiger partial charge < -0.3 is 28.3 Å². The van der Waals surface area contributed by atoms with E-state index in [4.69, 9.17) is 23.4 Å². The van der Waals surface area contributed by atoms with Crippen LogP contribution in [-0.4, -0.2) is 59.9 Å². The smallest absolute Gasteiger partial charge is 0.277 e. The monoisotopic (exact) mass is 441 g/mol. The number of benzene rings is 2. The first-order chi connectivity index (χ1) is 15.2. The third-order valence-electron chi connectivity index (χ3n) is 4.82. The van der Waals surface area contributed by atoms with Crippen LogP contribution in [0.2, 0.25) is 0 Å². The Balaban J connectivity index is 1.14. The highest BCUT2D eigenvalue weighted by molar-refractivity contribution is 7.99. The number of hydrogen-bond donors (Lipinski definition) is 0. The predicted octanol–water partition coefficient (Wildman–Crippen LogP) is 2.86. The highest BCUT2D eigenvalue weighted by atomic mass is 32.2. The summed E-state index contributed by atoms with van der Waals surface area (Å²) in [6, 6.07) is 12.9. The number of aromatic nitrogens is 2. The predicted molar refractivity (Wildman–Crippen MR) is 111 cm³/mol. The van der Waals surface area contributed by atoms with Gasteiger partial charge in [0.1, 0.15) is 6.61 Å². The highest BCUT2D eigenvalue weighted by Gasteiger charge is 2.24. The number of rotatable bonds is 6. The summed E-state index contributed by atoms with van der Waals surface area (Å²) in [6.07, 6.45) is -0.227. The number of hydrogen-bond acceptors (Lipinski definition) is 9. The molecule has 0 aliphatic carbocycles. The Morgan fingerprint density at radius 2 is 1.87 bits per heavy atom. The summed E-state index contributed by atoms with van der Waals surface area (Å²) in [6.45, 7) is 1.01. The molecule has 0 N–H and O–H groups in total. The number of carbonyl (C=O) groups is 1. The lowest BCUT2D eigenvalue weighted by Crippen LogP contribution is -2.42. The van der Waals surface area contributed by atoms with Crippen molar-refractivity contribution in [3.05, 3.63) is 42.5 Å². The van der Waals surface area contributed by atoms with Crippen molar-refractivity contribution in [3.63, 3.8) is 0 Å². The highest BCUT2D eigenvalue weighted by Crippen LogP contribution is 2.36. The SMILES string of the molecule is CN(CC1COc2ccccc2O1)C(=O)CSc1nnc(-c2ccc3c(c2)OCO3)o1. The van der Waals surface area contributed by atoms with Crippen LogP contribution >= 0.6 is 11.8 Å². The number of thioether (sulfide) groups is 1. The lowest BCUT2D eigenvalue weighted by Gasteiger charge is -2.29. The number of nitrogens with zero attached hydrogens (tertiary/aromatic N) is 3. The third kappa shape index (κ3) is 4.24. The van der Waals surface area contributed by atoms with E-state index in [0.717, 1.165) is 11.3 Å². The molecule has 1 aromatic heterocycles. The summed E-state index contributed by atoms with van der Waals surface area (Å²) < 4.78 is 28.0. The number of amides is 1. The molecule has 1 unspecified atom stereocenters. The first-order valence-corrected chi connectivity index (χ1v) is 10.6. The average Bonchev–Trinajstić information content (AvgIpc) is 3.46. The topological polar surface area (TPSA) is 96.2 Å². The van der Waals surface area contributed by atoms with E-state index in [-0.39, 0.29) is 24.6 Å². The van der Waals surface area contributed by atoms with E-state index in [2.05, 4.69) is 10.2 Å². The van der Waals surface area contributed by atoms with Crippen molar-refractivity contribution in [2.75, 3.05) is 32.7 Å². The third-order valence-corrected chi connectivity index (χ3v) is 5.62. The molecule has 1 atom stereocenters. The van der Waals surface area contributed by atoms with Gasteiger partial charge in [-0.15, -0.1) is 10.2 Å². The Morgan fingerprint density at radius 3 is 2.77 bits per heavy atom. The van der Waals surface area contributed by atoms with Gasteiger partial charge in [0.25, 0.3) is 5.22 Å². The molecule has 0 radical (unpaired) electrons. The zero-order valence-electron chi connectivity index (χ0n) is 16.6. The van der Waals surface area contributed by atoms with E-state index in [1.165, 1.54) is 11.8 Å². The van der Waals surface area contributed by atoms with Crippen molar-refractivity contribution in [3.8, 4) is 34.5 Å². The van der Waals surface area contributed by atoms with Gasteiger partial charge in [-0.3, -0.25) is 4.79 Å². The van der Waals surface area contributed by atoms with Gasteiger partial charge in [-0.1, -0.05) is 23.9 Å². The van der Waals surface area contributed by atoms with Crippen molar-refractivity contribution in [2.24, 2.45) is 0 Å². The Labute approximate surface area is 182 Å². The summed E-state index contributed by atoms with van der Waals surface area (Å²) in [5, 5.41) is 8.39. The maximum atomic E-state index is 12.5. The van der Waals surface area contributed by atoms with Crippen molar-refractivity contribution in [2.45, 2.75) is 11.3 Å². The number of fused-ring (bicyclic) bond motifs is 2. The zero-order chi connectivity index (χ0) is 21.2. The van der Waals surface area contributed by atoms with Crippen LogP contribution < -0.4 is 18.9 Å². The minimum Gasteiger partial charge on any atom is -0.486 e. The van der Waals surface area contributed by atoms with E-state index in [9.17, 15) is 4.79 Å². The summed E-state index contributed by atoms with van der Waals surface area (Å²) >= 11 is 1.19. The van der Waals surface area contributed by atoms with Crippen LogP contribution in [0.3, 0.4) is 0 Å². The number of likely N-dealkylation sites (N-methyl/N-ethyl adjacent to an activating group) is 1. The molecule has 9 nitrogen and oxygen atoms in total. The fourth-order valence-corrected chi connectivity index (χ4v) is 3.91. The molecule has 10 heteroatoms. The molecular formula is C21H19N3O6S. The molecule has 0 bridgehead atoms. The quantitative estimate of drug-likeness (QED) is 0.535. The molecule has 3 aromatic rings. The number of para-hydroxylation sites is 2. The molecule has 0 saturated carbocycles. The second kappa shape index (κ2) is 8.38. The van der Waals surface area contributed by atoms with E-state index in [1.807, 2.05) is 30.3 Å². The maximum Gasteiger partial charge on any atom is 0.277 e. The second-order valence-corrected chi connectivity index (χ2v) is 7.93. The van der Waals surface area contributed by atoms with Crippen molar-refractivity contribution in [1.29, 1.82) is 0 Å². The van der Waals surface area contributed by atoms with Gasteiger partial charge in [0.2, 0.25) is 18.6 Å². The average molecular weight is 441 g/mol. The first-order valence-electron chi connectivity index (χ1n) is 9.64. The van der Waals surface area contributed by atoms with E-state index >= 15 is 0 Å². The van der Waals surface area contributed by atoms with Crippen molar-refractivity contribution >= 4 is 17.7 Å². The Bertz CT molecular complexity index is 1100.